The number of fused-ring (bicyclic) bond motifs is 1. The summed E-state index contributed by atoms with van der Waals surface area (Å²) in [6.07, 6.45) is 2.32. The summed E-state index contributed by atoms with van der Waals surface area (Å²) in [5.74, 6) is 1.30. The molecule has 1 heterocycles. The fourth-order valence-corrected chi connectivity index (χ4v) is 2.07. The van der Waals surface area contributed by atoms with Gasteiger partial charge in [0.05, 0.1) is 10.6 Å². The monoisotopic (exact) mass is 226 g/mol. The van der Waals surface area contributed by atoms with Crippen molar-refractivity contribution in [3.8, 4) is 11.5 Å². The molecule has 0 radical (unpaired) electrons. The molecule has 1 N–H and O–H groups in total. The number of benzene rings is 1. The summed E-state index contributed by atoms with van der Waals surface area (Å²) in [5.41, 5.74) is 0.401. The van der Waals surface area contributed by atoms with Crippen molar-refractivity contribution in [3.05, 3.63) is 22.7 Å². The topological polar surface area (TPSA) is 38.7 Å². The van der Waals surface area contributed by atoms with Gasteiger partial charge in [0.25, 0.3) is 0 Å². The normalized spacial score (nSPS) is 20.4. The predicted octanol–water partition coefficient (Wildman–Crippen LogP) is 2.14. The lowest BCUT2D eigenvalue weighted by Gasteiger charge is -2.10. The van der Waals surface area contributed by atoms with Crippen molar-refractivity contribution in [2.24, 2.45) is 0 Å². The van der Waals surface area contributed by atoms with Gasteiger partial charge >= 0.3 is 0 Å². The molecule has 0 atom stereocenters. The first-order chi connectivity index (χ1) is 7.18. The summed E-state index contributed by atoms with van der Waals surface area (Å²) < 4.78 is 10.5. The molecule has 0 bridgehead atoms. The summed E-state index contributed by atoms with van der Waals surface area (Å²) in [6, 6.07) is 3.74. The van der Waals surface area contributed by atoms with E-state index in [9.17, 15) is 5.11 Å². The minimum atomic E-state index is -0.530. The van der Waals surface area contributed by atoms with E-state index in [2.05, 4.69) is 0 Å². The molecule has 2 aliphatic rings. The number of halogens is 1. The SMILES string of the molecule is OC1(Cc2ccc3c(c2Cl)OCO3)CC1. The van der Waals surface area contributed by atoms with Gasteiger partial charge < -0.3 is 14.6 Å². The fourth-order valence-electron chi connectivity index (χ4n) is 1.79. The van der Waals surface area contributed by atoms with Crippen molar-refractivity contribution in [3.63, 3.8) is 0 Å². The average Bonchev–Trinajstić information content (AvgIpc) is 2.78. The predicted molar refractivity (Wildman–Crippen MR) is 55.5 cm³/mol. The van der Waals surface area contributed by atoms with Crippen LogP contribution in [-0.2, 0) is 6.42 Å². The molecule has 3 nitrogen and oxygen atoms in total. The fraction of sp³-hybridized carbons (Fsp3) is 0.455. The van der Waals surface area contributed by atoms with Crippen LogP contribution >= 0.6 is 11.6 Å². The Morgan fingerprint density at radius 1 is 1.33 bits per heavy atom. The molecule has 80 valence electrons. The lowest BCUT2D eigenvalue weighted by atomic mass is 10.1. The number of rotatable bonds is 2. The minimum Gasteiger partial charge on any atom is -0.454 e. The Kier molecular flexibility index (Phi) is 1.88. The zero-order chi connectivity index (χ0) is 10.5. The molecule has 1 fully saturated rings. The lowest BCUT2D eigenvalue weighted by molar-refractivity contribution is 0.151. The highest BCUT2D eigenvalue weighted by Gasteiger charge is 2.41. The third kappa shape index (κ3) is 1.56. The highest BCUT2D eigenvalue weighted by atomic mass is 35.5. The Balaban J connectivity index is 1.95. The number of hydrogen-bond acceptors (Lipinski definition) is 3. The summed E-state index contributed by atoms with van der Waals surface area (Å²) in [6.45, 7) is 0.225. The Labute approximate surface area is 92.6 Å². The maximum Gasteiger partial charge on any atom is 0.231 e. The third-order valence-electron chi connectivity index (χ3n) is 2.91. The third-order valence-corrected chi connectivity index (χ3v) is 3.32. The first kappa shape index (κ1) is 9.31. The van der Waals surface area contributed by atoms with Gasteiger partial charge in [-0.3, -0.25) is 0 Å². The Bertz CT molecular complexity index is 413. The molecule has 0 spiro atoms. The van der Waals surface area contributed by atoms with Crippen LogP contribution in [0.15, 0.2) is 12.1 Å². The van der Waals surface area contributed by atoms with Gasteiger partial charge in [-0.2, -0.15) is 0 Å². The molecule has 1 aliphatic carbocycles. The summed E-state index contributed by atoms with van der Waals surface area (Å²) >= 11 is 6.17. The van der Waals surface area contributed by atoms with Crippen molar-refractivity contribution in [2.45, 2.75) is 24.9 Å². The molecular weight excluding hydrogens is 216 g/mol. The summed E-state index contributed by atoms with van der Waals surface area (Å²) in [5, 5.41) is 10.4. The van der Waals surface area contributed by atoms with Gasteiger partial charge in [-0.15, -0.1) is 0 Å². The van der Waals surface area contributed by atoms with Gasteiger partial charge in [0.1, 0.15) is 0 Å². The van der Waals surface area contributed by atoms with Crippen LogP contribution in [0.4, 0.5) is 0 Å². The molecule has 0 aromatic heterocycles. The van der Waals surface area contributed by atoms with Crippen molar-refractivity contribution >= 4 is 11.6 Å². The maximum atomic E-state index is 9.82. The lowest BCUT2D eigenvalue weighted by Crippen LogP contribution is -2.10. The van der Waals surface area contributed by atoms with E-state index in [1.54, 1.807) is 0 Å². The zero-order valence-corrected chi connectivity index (χ0v) is 8.88. The summed E-state index contributed by atoms with van der Waals surface area (Å²) in [4.78, 5) is 0. The number of aliphatic hydroxyl groups is 1. The van der Waals surface area contributed by atoms with E-state index in [1.165, 1.54) is 0 Å². The Morgan fingerprint density at radius 3 is 2.87 bits per heavy atom. The standard InChI is InChI=1S/C11H11ClO3/c12-9-7(5-11(13)3-4-11)1-2-8-10(9)15-6-14-8/h1-2,13H,3-6H2. The minimum absolute atomic E-state index is 0.225. The van der Waals surface area contributed by atoms with Crippen LogP contribution in [-0.4, -0.2) is 17.5 Å². The van der Waals surface area contributed by atoms with E-state index >= 15 is 0 Å². The molecule has 1 saturated carbocycles. The van der Waals surface area contributed by atoms with Crippen LogP contribution < -0.4 is 9.47 Å². The van der Waals surface area contributed by atoms with Crippen molar-refractivity contribution in [1.82, 2.24) is 0 Å². The highest BCUT2D eigenvalue weighted by molar-refractivity contribution is 6.33. The van der Waals surface area contributed by atoms with E-state index in [0.29, 0.717) is 22.9 Å². The molecule has 0 amide bonds. The molecule has 15 heavy (non-hydrogen) atoms. The largest absolute Gasteiger partial charge is 0.454 e. The quantitative estimate of drug-likeness (QED) is 0.840. The van der Waals surface area contributed by atoms with Crippen molar-refractivity contribution < 1.29 is 14.6 Å². The molecule has 0 saturated heterocycles. The van der Waals surface area contributed by atoms with Gasteiger partial charge in [0.2, 0.25) is 6.79 Å². The second kappa shape index (κ2) is 3.03. The van der Waals surface area contributed by atoms with E-state index in [4.69, 9.17) is 21.1 Å². The first-order valence-corrected chi connectivity index (χ1v) is 5.35. The highest BCUT2D eigenvalue weighted by Crippen LogP contribution is 2.45. The van der Waals surface area contributed by atoms with Crippen LogP contribution in [0.2, 0.25) is 5.02 Å². The van der Waals surface area contributed by atoms with Crippen LogP contribution in [0.5, 0.6) is 11.5 Å². The first-order valence-electron chi connectivity index (χ1n) is 4.97. The molecule has 1 aliphatic heterocycles. The maximum absolute atomic E-state index is 9.82. The van der Waals surface area contributed by atoms with Crippen LogP contribution in [0.1, 0.15) is 18.4 Å². The molecular formula is C11H11ClO3. The van der Waals surface area contributed by atoms with Crippen LogP contribution in [0.25, 0.3) is 0 Å². The van der Waals surface area contributed by atoms with E-state index in [0.717, 1.165) is 18.4 Å². The molecule has 3 rings (SSSR count). The van der Waals surface area contributed by atoms with Crippen molar-refractivity contribution in [1.29, 1.82) is 0 Å². The molecule has 0 unspecified atom stereocenters. The second-order valence-corrected chi connectivity index (χ2v) is 4.55. The molecule has 1 aromatic carbocycles. The smallest absolute Gasteiger partial charge is 0.231 e. The molecule has 4 heteroatoms. The zero-order valence-electron chi connectivity index (χ0n) is 8.12. The Morgan fingerprint density at radius 2 is 2.13 bits per heavy atom. The second-order valence-electron chi connectivity index (χ2n) is 4.17. The summed E-state index contributed by atoms with van der Waals surface area (Å²) in [7, 11) is 0. The van der Waals surface area contributed by atoms with Gasteiger partial charge in [-0.05, 0) is 24.5 Å². The number of ether oxygens (including phenoxy) is 2. The van der Waals surface area contributed by atoms with Gasteiger partial charge in [-0.25, -0.2) is 0 Å². The van der Waals surface area contributed by atoms with Gasteiger partial charge in [0, 0.05) is 6.42 Å². The molecule has 1 aromatic rings. The average molecular weight is 227 g/mol. The van der Waals surface area contributed by atoms with Gasteiger partial charge in [0.15, 0.2) is 11.5 Å². The van der Waals surface area contributed by atoms with E-state index in [-0.39, 0.29) is 6.79 Å². The van der Waals surface area contributed by atoms with E-state index < -0.39 is 5.60 Å². The van der Waals surface area contributed by atoms with Crippen molar-refractivity contribution in [2.75, 3.05) is 6.79 Å². The number of hydrogen-bond donors (Lipinski definition) is 1. The van der Waals surface area contributed by atoms with Gasteiger partial charge in [-0.1, -0.05) is 17.7 Å². The van der Waals surface area contributed by atoms with Crippen LogP contribution in [0, 0.1) is 0 Å². The van der Waals surface area contributed by atoms with E-state index in [1.807, 2.05) is 12.1 Å². The Hall–Kier alpha value is -0.930. The van der Waals surface area contributed by atoms with Crippen LogP contribution in [0.3, 0.4) is 0 Å².